The van der Waals surface area contributed by atoms with Crippen LogP contribution in [0.2, 0.25) is 0 Å². The molecule has 0 aromatic heterocycles. The summed E-state index contributed by atoms with van der Waals surface area (Å²) in [6, 6.07) is 0. The summed E-state index contributed by atoms with van der Waals surface area (Å²) in [5.41, 5.74) is 0. The minimum absolute atomic E-state index is 0.295. The van der Waals surface area contributed by atoms with Crippen molar-refractivity contribution in [3.8, 4) is 0 Å². The number of ether oxygens (including phenoxy) is 1. The molecule has 24 heavy (non-hydrogen) atoms. The predicted molar refractivity (Wildman–Crippen MR) is 94.0 cm³/mol. The van der Waals surface area contributed by atoms with Gasteiger partial charge in [0, 0.05) is 0 Å². The zero-order valence-electron chi connectivity index (χ0n) is 15.2. The fourth-order valence-electron chi connectivity index (χ4n) is 5.39. The molecule has 2 atom stereocenters. The zero-order valence-corrected chi connectivity index (χ0v) is 15.2. The molecule has 0 spiro atoms. The average molecular weight is 340 g/mol. The van der Waals surface area contributed by atoms with Crippen LogP contribution in [0.15, 0.2) is 12.2 Å². The van der Waals surface area contributed by atoms with Crippen molar-refractivity contribution in [1.82, 2.24) is 0 Å². The molecule has 2 saturated carbocycles. The molecule has 1 aliphatic heterocycles. The van der Waals surface area contributed by atoms with Crippen LogP contribution in [-0.4, -0.2) is 12.7 Å². The Morgan fingerprint density at radius 1 is 0.833 bits per heavy atom. The molecule has 3 fully saturated rings. The Balaban J connectivity index is 1.37. The minimum Gasteiger partial charge on any atom is -0.378 e. The van der Waals surface area contributed by atoms with Crippen LogP contribution in [0.25, 0.3) is 0 Å². The third kappa shape index (κ3) is 5.03. The van der Waals surface area contributed by atoms with E-state index in [0.717, 1.165) is 42.6 Å². The second kappa shape index (κ2) is 8.78. The molecule has 1 heterocycles. The summed E-state index contributed by atoms with van der Waals surface area (Å²) < 4.78 is 30.5. The molecule has 0 radical (unpaired) electrons. The first kappa shape index (κ1) is 18.4. The van der Waals surface area contributed by atoms with Gasteiger partial charge in [-0.25, -0.2) is 0 Å². The van der Waals surface area contributed by atoms with Crippen LogP contribution >= 0.6 is 0 Å². The molecule has 1 saturated heterocycles. The fourth-order valence-corrected chi connectivity index (χ4v) is 5.39. The molecule has 3 aliphatic rings. The van der Waals surface area contributed by atoms with Crippen LogP contribution in [-0.2, 0) is 4.74 Å². The van der Waals surface area contributed by atoms with Gasteiger partial charge in [0.25, 0.3) is 6.08 Å². The van der Waals surface area contributed by atoms with E-state index >= 15 is 0 Å². The molecular weight excluding hydrogens is 306 g/mol. The third-order valence-electron chi connectivity index (χ3n) is 7.08. The van der Waals surface area contributed by atoms with Gasteiger partial charge in [0.1, 0.15) is 0 Å². The van der Waals surface area contributed by atoms with Gasteiger partial charge >= 0.3 is 0 Å². The third-order valence-corrected chi connectivity index (χ3v) is 7.08. The lowest BCUT2D eigenvalue weighted by atomic mass is 9.68. The van der Waals surface area contributed by atoms with Crippen LogP contribution < -0.4 is 0 Å². The van der Waals surface area contributed by atoms with Crippen molar-refractivity contribution in [3.05, 3.63) is 12.2 Å². The maximum atomic E-state index is 12.2. The quantitative estimate of drug-likeness (QED) is 0.561. The smallest absolute Gasteiger partial charge is 0.266 e. The monoisotopic (exact) mass is 340 g/mol. The highest BCUT2D eigenvalue weighted by Gasteiger charge is 2.34. The molecule has 2 unspecified atom stereocenters. The van der Waals surface area contributed by atoms with Gasteiger partial charge in [-0.1, -0.05) is 19.8 Å². The molecule has 0 amide bonds. The summed E-state index contributed by atoms with van der Waals surface area (Å²) >= 11 is 0. The zero-order chi connectivity index (χ0) is 16.9. The Kier molecular flexibility index (Phi) is 6.71. The number of halogens is 2. The van der Waals surface area contributed by atoms with Gasteiger partial charge in [-0.3, -0.25) is 0 Å². The van der Waals surface area contributed by atoms with Crippen LogP contribution in [0, 0.1) is 29.6 Å². The number of allylic oxidation sites excluding steroid dienone is 1. The lowest BCUT2D eigenvalue weighted by Crippen LogP contribution is -2.35. The van der Waals surface area contributed by atoms with Crippen LogP contribution in [0.3, 0.4) is 0 Å². The fraction of sp³-hybridized carbons (Fsp3) is 0.905. The molecule has 0 aromatic rings. The minimum atomic E-state index is -1.55. The van der Waals surface area contributed by atoms with Gasteiger partial charge in [0.05, 0.1) is 12.7 Å². The van der Waals surface area contributed by atoms with E-state index < -0.39 is 6.08 Å². The summed E-state index contributed by atoms with van der Waals surface area (Å²) in [4.78, 5) is 0. The maximum Gasteiger partial charge on any atom is 0.266 e. The largest absolute Gasteiger partial charge is 0.378 e. The molecule has 0 N–H and O–H groups in total. The molecule has 0 aromatic carbocycles. The van der Waals surface area contributed by atoms with Crippen molar-refractivity contribution in [2.75, 3.05) is 6.61 Å². The topological polar surface area (TPSA) is 9.23 Å². The summed E-state index contributed by atoms with van der Waals surface area (Å²) in [6.45, 7) is 3.08. The number of hydrogen-bond acceptors (Lipinski definition) is 1. The van der Waals surface area contributed by atoms with Crippen molar-refractivity contribution in [2.45, 2.75) is 83.7 Å². The standard InChI is InChI=1S/C21H34F2O/c1-15-2-6-17(7-3-15)18-8-10-19(11-9-18)20-12-4-16(14-24-20)5-13-21(22)23/h13,15-20H,2-12,14H2,1H3. The van der Waals surface area contributed by atoms with Gasteiger partial charge in [0.15, 0.2) is 0 Å². The Morgan fingerprint density at radius 2 is 1.42 bits per heavy atom. The highest BCUT2D eigenvalue weighted by Crippen LogP contribution is 2.43. The maximum absolute atomic E-state index is 12.2. The summed E-state index contributed by atoms with van der Waals surface area (Å²) in [5, 5.41) is 0. The lowest BCUT2D eigenvalue weighted by molar-refractivity contribution is -0.0598. The number of hydrogen-bond donors (Lipinski definition) is 0. The van der Waals surface area contributed by atoms with Gasteiger partial charge in [0.2, 0.25) is 0 Å². The van der Waals surface area contributed by atoms with Crippen LogP contribution in [0.4, 0.5) is 8.78 Å². The number of rotatable bonds is 4. The van der Waals surface area contributed by atoms with Gasteiger partial charge in [-0.15, -0.1) is 0 Å². The van der Waals surface area contributed by atoms with Gasteiger partial charge < -0.3 is 4.74 Å². The van der Waals surface area contributed by atoms with E-state index in [1.807, 2.05) is 0 Å². The second-order valence-electron chi connectivity index (χ2n) is 8.74. The van der Waals surface area contributed by atoms with E-state index in [1.54, 1.807) is 0 Å². The summed E-state index contributed by atoms with van der Waals surface area (Å²) in [7, 11) is 0. The first-order chi connectivity index (χ1) is 11.6. The highest BCUT2D eigenvalue weighted by molar-refractivity contribution is 4.88. The predicted octanol–water partition coefficient (Wildman–Crippen LogP) is 6.58. The Hall–Kier alpha value is -0.440. The summed E-state index contributed by atoms with van der Waals surface area (Å²) in [5.74, 6) is 3.91. The molecule has 1 nitrogen and oxygen atoms in total. The SMILES string of the molecule is CC1CCC(C2CCC(C3CCC(CC=C(F)F)CO3)CC2)CC1. The second-order valence-corrected chi connectivity index (χ2v) is 8.74. The van der Waals surface area contributed by atoms with E-state index in [4.69, 9.17) is 4.74 Å². The average Bonchev–Trinajstić information content (AvgIpc) is 2.61. The molecule has 0 bridgehead atoms. The van der Waals surface area contributed by atoms with E-state index in [9.17, 15) is 8.78 Å². The van der Waals surface area contributed by atoms with Crippen molar-refractivity contribution < 1.29 is 13.5 Å². The van der Waals surface area contributed by atoms with E-state index in [1.165, 1.54) is 51.4 Å². The molecule has 3 heteroatoms. The van der Waals surface area contributed by atoms with E-state index in [2.05, 4.69) is 6.92 Å². The molecule has 138 valence electrons. The van der Waals surface area contributed by atoms with E-state index in [0.29, 0.717) is 25.0 Å². The van der Waals surface area contributed by atoms with Crippen LogP contribution in [0.5, 0.6) is 0 Å². The Morgan fingerprint density at radius 3 is 1.96 bits per heavy atom. The van der Waals surface area contributed by atoms with Crippen molar-refractivity contribution in [1.29, 1.82) is 0 Å². The Labute approximate surface area is 146 Å². The molecule has 3 rings (SSSR count). The van der Waals surface area contributed by atoms with Crippen molar-refractivity contribution >= 4 is 0 Å². The van der Waals surface area contributed by atoms with Gasteiger partial charge in [-0.2, -0.15) is 8.78 Å². The van der Waals surface area contributed by atoms with Gasteiger partial charge in [-0.05, 0) is 93.5 Å². The summed E-state index contributed by atoms with van der Waals surface area (Å²) in [6.07, 6.45) is 13.7. The first-order valence-corrected chi connectivity index (χ1v) is 10.2. The highest BCUT2D eigenvalue weighted by atomic mass is 19.3. The lowest BCUT2D eigenvalue weighted by Gasteiger charge is -2.41. The van der Waals surface area contributed by atoms with E-state index in [-0.39, 0.29) is 0 Å². The Bertz CT molecular complexity index is 394. The van der Waals surface area contributed by atoms with Crippen molar-refractivity contribution in [3.63, 3.8) is 0 Å². The normalized spacial score (nSPS) is 41.0. The van der Waals surface area contributed by atoms with Crippen molar-refractivity contribution in [2.24, 2.45) is 29.6 Å². The molecular formula is C21H34F2O. The van der Waals surface area contributed by atoms with Crippen LogP contribution in [0.1, 0.15) is 77.6 Å². The molecule has 2 aliphatic carbocycles. The first-order valence-electron chi connectivity index (χ1n) is 10.2.